The number of phenols is 1. The lowest BCUT2D eigenvalue weighted by molar-refractivity contribution is 0.154. The topological polar surface area (TPSA) is 84.6 Å². The molecule has 3 rings (SSSR count). The van der Waals surface area contributed by atoms with Gasteiger partial charge in [0, 0.05) is 0 Å². The van der Waals surface area contributed by atoms with Gasteiger partial charge in [0.1, 0.15) is 12.4 Å². The number of phenolic OH excluding ortho intramolecular Hbond substituents is 1. The number of nitrogens with zero attached hydrogens (tertiary/aromatic N) is 1. The van der Waals surface area contributed by atoms with Crippen molar-refractivity contribution in [2.75, 3.05) is 5.32 Å². The highest BCUT2D eigenvalue weighted by Gasteiger charge is 2.12. The van der Waals surface area contributed by atoms with Gasteiger partial charge in [0.05, 0.1) is 0 Å². The summed E-state index contributed by atoms with van der Waals surface area (Å²) in [6, 6.07) is 14.0. The Morgan fingerprint density at radius 2 is 2.00 bits per heavy atom. The SMILES string of the molecule is O=C(Nc1nc2c(O)cccc2o1)OCc1ccccc1. The quantitative estimate of drug-likeness (QED) is 0.771. The number of nitrogens with one attached hydrogen (secondary N) is 1. The summed E-state index contributed by atoms with van der Waals surface area (Å²) < 4.78 is 10.3. The number of aromatic nitrogens is 1. The molecule has 6 nitrogen and oxygen atoms in total. The normalized spacial score (nSPS) is 10.5. The average Bonchev–Trinajstić information content (AvgIpc) is 2.90. The van der Waals surface area contributed by atoms with Crippen LogP contribution < -0.4 is 5.32 Å². The number of oxazole rings is 1. The zero-order valence-electron chi connectivity index (χ0n) is 10.9. The molecule has 0 aliphatic carbocycles. The number of rotatable bonds is 3. The number of benzene rings is 2. The Hall–Kier alpha value is -3.02. The van der Waals surface area contributed by atoms with Gasteiger partial charge in [0.25, 0.3) is 0 Å². The van der Waals surface area contributed by atoms with Gasteiger partial charge in [-0.15, -0.1) is 0 Å². The van der Waals surface area contributed by atoms with E-state index in [1.54, 1.807) is 12.1 Å². The molecule has 0 saturated carbocycles. The molecule has 0 fully saturated rings. The smallest absolute Gasteiger partial charge is 0.415 e. The lowest BCUT2D eigenvalue weighted by atomic mass is 10.2. The Labute approximate surface area is 120 Å². The van der Waals surface area contributed by atoms with E-state index in [4.69, 9.17) is 9.15 Å². The number of carbonyl (C=O) groups excluding carboxylic acids is 1. The molecule has 1 amide bonds. The number of ether oxygens (including phenoxy) is 1. The highest BCUT2D eigenvalue weighted by Crippen LogP contribution is 2.26. The van der Waals surface area contributed by atoms with E-state index in [1.165, 1.54) is 6.07 Å². The van der Waals surface area contributed by atoms with Gasteiger partial charge in [-0.05, 0) is 17.7 Å². The van der Waals surface area contributed by atoms with E-state index in [-0.39, 0.29) is 23.9 Å². The van der Waals surface area contributed by atoms with Crippen molar-refractivity contribution >= 4 is 23.2 Å². The Balaban J connectivity index is 1.65. The third-order valence-electron chi connectivity index (χ3n) is 2.82. The Morgan fingerprint density at radius 1 is 1.19 bits per heavy atom. The minimum atomic E-state index is -0.676. The second-order valence-electron chi connectivity index (χ2n) is 4.33. The van der Waals surface area contributed by atoms with Gasteiger partial charge in [0.15, 0.2) is 11.1 Å². The fourth-order valence-electron chi connectivity index (χ4n) is 1.83. The molecule has 2 aromatic carbocycles. The molecule has 0 saturated heterocycles. The molecule has 0 aliphatic heterocycles. The van der Waals surface area contributed by atoms with Gasteiger partial charge in [-0.25, -0.2) is 10.1 Å². The number of para-hydroxylation sites is 1. The van der Waals surface area contributed by atoms with Crippen molar-refractivity contribution in [1.29, 1.82) is 0 Å². The first-order valence-electron chi connectivity index (χ1n) is 6.28. The molecule has 6 heteroatoms. The summed E-state index contributed by atoms with van der Waals surface area (Å²) in [7, 11) is 0. The van der Waals surface area contributed by atoms with Crippen LogP contribution in [0.4, 0.5) is 10.8 Å². The van der Waals surface area contributed by atoms with Crippen LogP contribution in [0.2, 0.25) is 0 Å². The Kier molecular flexibility index (Phi) is 3.42. The molecule has 3 aromatic rings. The predicted molar refractivity (Wildman–Crippen MR) is 75.9 cm³/mol. The molecule has 0 bridgehead atoms. The first-order valence-corrected chi connectivity index (χ1v) is 6.28. The number of aromatic hydroxyl groups is 1. The zero-order valence-corrected chi connectivity index (χ0v) is 10.9. The van der Waals surface area contributed by atoms with E-state index < -0.39 is 6.09 Å². The monoisotopic (exact) mass is 284 g/mol. The third-order valence-corrected chi connectivity index (χ3v) is 2.82. The summed E-state index contributed by atoms with van der Waals surface area (Å²) in [5.74, 6) is -0.0121. The molecule has 1 aromatic heterocycles. The van der Waals surface area contributed by atoms with Crippen LogP contribution in [0.15, 0.2) is 52.9 Å². The largest absolute Gasteiger partial charge is 0.506 e. The van der Waals surface area contributed by atoms with Gasteiger partial charge in [0.2, 0.25) is 0 Å². The van der Waals surface area contributed by atoms with Crippen LogP contribution in [0.5, 0.6) is 5.75 Å². The van der Waals surface area contributed by atoms with Crippen molar-refractivity contribution < 1.29 is 19.1 Å². The molecule has 1 heterocycles. The van der Waals surface area contributed by atoms with Crippen LogP contribution in [0.1, 0.15) is 5.56 Å². The minimum absolute atomic E-state index is 0.0121. The van der Waals surface area contributed by atoms with Gasteiger partial charge >= 0.3 is 12.1 Å². The molecule has 0 aliphatic rings. The molecular weight excluding hydrogens is 272 g/mol. The van der Waals surface area contributed by atoms with Crippen LogP contribution in [0, 0.1) is 0 Å². The Morgan fingerprint density at radius 3 is 2.76 bits per heavy atom. The van der Waals surface area contributed by atoms with E-state index in [2.05, 4.69) is 10.3 Å². The number of hydrogen-bond acceptors (Lipinski definition) is 5. The maximum absolute atomic E-state index is 11.7. The van der Waals surface area contributed by atoms with E-state index >= 15 is 0 Å². The van der Waals surface area contributed by atoms with Crippen molar-refractivity contribution in [3.05, 3.63) is 54.1 Å². The van der Waals surface area contributed by atoms with E-state index in [0.717, 1.165) is 5.56 Å². The van der Waals surface area contributed by atoms with Crippen LogP contribution in [-0.4, -0.2) is 16.2 Å². The van der Waals surface area contributed by atoms with E-state index in [1.807, 2.05) is 30.3 Å². The number of anilines is 1. The number of hydrogen-bond donors (Lipinski definition) is 2. The molecule has 0 spiro atoms. The van der Waals surface area contributed by atoms with Crippen molar-refractivity contribution in [2.24, 2.45) is 0 Å². The van der Waals surface area contributed by atoms with Crippen molar-refractivity contribution in [1.82, 2.24) is 4.98 Å². The molecule has 0 unspecified atom stereocenters. The maximum atomic E-state index is 11.7. The number of carbonyl (C=O) groups is 1. The fraction of sp³-hybridized carbons (Fsp3) is 0.0667. The van der Waals surface area contributed by atoms with Crippen LogP contribution >= 0.6 is 0 Å². The summed E-state index contributed by atoms with van der Waals surface area (Å²) >= 11 is 0. The van der Waals surface area contributed by atoms with Crippen molar-refractivity contribution in [3.8, 4) is 5.75 Å². The first kappa shape index (κ1) is 13.0. The van der Waals surface area contributed by atoms with Gasteiger partial charge in [-0.3, -0.25) is 0 Å². The summed E-state index contributed by atoms with van der Waals surface area (Å²) in [6.45, 7) is 0.151. The van der Waals surface area contributed by atoms with E-state index in [0.29, 0.717) is 5.58 Å². The molecule has 0 atom stereocenters. The van der Waals surface area contributed by atoms with Crippen LogP contribution in [-0.2, 0) is 11.3 Å². The highest BCUT2D eigenvalue weighted by atomic mass is 16.6. The zero-order chi connectivity index (χ0) is 14.7. The standard InChI is InChI=1S/C15H12N2O4/c18-11-7-4-8-12-13(11)16-14(21-12)17-15(19)20-9-10-5-2-1-3-6-10/h1-8,18H,9H2,(H,16,17,19). The summed E-state index contributed by atoms with van der Waals surface area (Å²) in [6.07, 6.45) is -0.676. The summed E-state index contributed by atoms with van der Waals surface area (Å²) in [4.78, 5) is 15.6. The van der Waals surface area contributed by atoms with E-state index in [9.17, 15) is 9.90 Å². The fourth-order valence-corrected chi connectivity index (χ4v) is 1.83. The molecule has 21 heavy (non-hydrogen) atoms. The molecule has 0 radical (unpaired) electrons. The van der Waals surface area contributed by atoms with Gasteiger partial charge in [-0.2, -0.15) is 4.98 Å². The van der Waals surface area contributed by atoms with Gasteiger partial charge < -0.3 is 14.3 Å². The van der Waals surface area contributed by atoms with Gasteiger partial charge in [-0.1, -0.05) is 36.4 Å². The number of fused-ring (bicyclic) bond motifs is 1. The molecule has 106 valence electrons. The van der Waals surface area contributed by atoms with Crippen molar-refractivity contribution in [3.63, 3.8) is 0 Å². The first-order chi connectivity index (χ1) is 10.2. The predicted octanol–water partition coefficient (Wildman–Crippen LogP) is 3.28. The van der Waals surface area contributed by atoms with Crippen molar-refractivity contribution in [2.45, 2.75) is 6.61 Å². The van der Waals surface area contributed by atoms with Crippen LogP contribution in [0.25, 0.3) is 11.1 Å². The number of amides is 1. The molecular formula is C15H12N2O4. The summed E-state index contributed by atoms with van der Waals surface area (Å²) in [5, 5.41) is 12.0. The Bertz CT molecular complexity index is 768. The average molecular weight is 284 g/mol. The summed E-state index contributed by atoms with van der Waals surface area (Å²) in [5.41, 5.74) is 1.55. The minimum Gasteiger partial charge on any atom is -0.506 e. The lowest BCUT2D eigenvalue weighted by Crippen LogP contribution is -2.13. The second-order valence-corrected chi connectivity index (χ2v) is 4.33. The molecule has 2 N–H and O–H groups in total. The highest BCUT2D eigenvalue weighted by molar-refractivity contribution is 5.86. The lowest BCUT2D eigenvalue weighted by Gasteiger charge is -2.03. The third kappa shape index (κ3) is 2.94. The van der Waals surface area contributed by atoms with Crippen LogP contribution in [0.3, 0.4) is 0 Å². The maximum Gasteiger partial charge on any atom is 0.415 e. The second kappa shape index (κ2) is 5.54.